The second kappa shape index (κ2) is 5.28. The van der Waals surface area contributed by atoms with Crippen molar-refractivity contribution in [2.24, 2.45) is 0 Å². The van der Waals surface area contributed by atoms with Gasteiger partial charge in [0, 0.05) is 25.9 Å². The Bertz CT molecular complexity index is 220. The Balaban J connectivity index is 2.20. The first kappa shape index (κ1) is 11.4. The number of likely N-dealkylation sites (tertiary alicyclic amines) is 1. The molecule has 1 saturated heterocycles. The van der Waals surface area contributed by atoms with Crippen LogP contribution in [0, 0.1) is 11.8 Å². The average molecular weight is 202 g/mol. The molecule has 1 aliphatic rings. The van der Waals surface area contributed by atoms with Gasteiger partial charge in [-0.25, -0.2) is 8.78 Å². The van der Waals surface area contributed by atoms with Gasteiger partial charge in [-0.1, -0.05) is 11.8 Å². The lowest BCUT2D eigenvalue weighted by Crippen LogP contribution is -2.39. The Morgan fingerprint density at radius 1 is 1.29 bits per heavy atom. The van der Waals surface area contributed by atoms with Gasteiger partial charge in [-0.05, 0) is 7.05 Å². The zero-order chi connectivity index (χ0) is 10.4. The maximum atomic E-state index is 12.7. The number of halogens is 2. The number of nitrogens with one attached hydrogen (secondary N) is 1. The first-order chi connectivity index (χ1) is 6.64. The Kier molecular flexibility index (Phi) is 4.30. The van der Waals surface area contributed by atoms with Gasteiger partial charge in [0.15, 0.2) is 0 Å². The van der Waals surface area contributed by atoms with E-state index in [-0.39, 0.29) is 12.8 Å². The van der Waals surface area contributed by atoms with Gasteiger partial charge in [0.25, 0.3) is 5.92 Å². The highest BCUT2D eigenvalue weighted by atomic mass is 19.3. The van der Waals surface area contributed by atoms with Crippen LogP contribution in [0.1, 0.15) is 12.8 Å². The van der Waals surface area contributed by atoms with Gasteiger partial charge in [0.05, 0.1) is 13.1 Å². The van der Waals surface area contributed by atoms with Crippen molar-refractivity contribution < 1.29 is 8.78 Å². The van der Waals surface area contributed by atoms with E-state index in [0.717, 1.165) is 0 Å². The number of nitrogens with zero attached hydrogens (tertiary/aromatic N) is 1. The summed E-state index contributed by atoms with van der Waals surface area (Å²) in [6.45, 7) is 2.18. The summed E-state index contributed by atoms with van der Waals surface area (Å²) in [4.78, 5) is 1.97. The molecule has 1 heterocycles. The van der Waals surface area contributed by atoms with E-state index in [2.05, 4.69) is 17.2 Å². The molecule has 0 bridgehead atoms. The summed E-state index contributed by atoms with van der Waals surface area (Å²) in [6, 6.07) is 0. The molecular formula is C10H16F2N2. The molecule has 0 aromatic rings. The summed E-state index contributed by atoms with van der Waals surface area (Å²) in [6.07, 6.45) is -0.0542. The van der Waals surface area contributed by atoms with Gasteiger partial charge in [-0.3, -0.25) is 4.90 Å². The molecule has 0 aromatic heterocycles. The summed E-state index contributed by atoms with van der Waals surface area (Å²) in [5.74, 6) is 3.42. The van der Waals surface area contributed by atoms with Crippen LogP contribution in [-0.4, -0.2) is 44.0 Å². The maximum Gasteiger partial charge on any atom is 0.250 e. The Morgan fingerprint density at radius 2 is 1.93 bits per heavy atom. The van der Waals surface area contributed by atoms with Crippen LogP contribution in [0.25, 0.3) is 0 Å². The normalized spacial score (nSPS) is 21.4. The van der Waals surface area contributed by atoms with Crippen LogP contribution in [0.2, 0.25) is 0 Å². The van der Waals surface area contributed by atoms with Crippen LogP contribution in [0.3, 0.4) is 0 Å². The van der Waals surface area contributed by atoms with Crippen LogP contribution < -0.4 is 5.32 Å². The first-order valence-corrected chi connectivity index (χ1v) is 4.84. The minimum absolute atomic E-state index is 0.0271. The molecule has 1 rings (SSSR count). The predicted molar refractivity (Wildman–Crippen MR) is 52.3 cm³/mol. The van der Waals surface area contributed by atoms with E-state index in [1.165, 1.54) is 0 Å². The van der Waals surface area contributed by atoms with Crippen molar-refractivity contribution in [3.05, 3.63) is 0 Å². The molecular weight excluding hydrogens is 186 g/mol. The molecule has 0 aromatic carbocycles. The highest BCUT2D eigenvalue weighted by Gasteiger charge is 2.33. The number of piperidine rings is 1. The molecule has 0 radical (unpaired) electrons. The fourth-order valence-corrected chi connectivity index (χ4v) is 1.36. The van der Waals surface area contributed by atoms with Crippen LogP contribution in [0.4, 0.5) is 8.78 Å². The third kappa shape index (κ3) is 4.03. The summed E-state index contributed by atoms with van der Waals surface area (Å²) in [5, 5.41) is 2.91. The number of rotatable bonds is 2. The van der Waals surface area contributed by atoms with E-state index in [9.17, 15) is 8.78 Å². The molecule has 80 valence electrons. The third-order valence-corrected chi connectivity index (χ3v) is 2.28. The lowest BCUT2D eigenvalue weighted by molar-refractivity contribution is -0.0527. The van der Waals surface area contributed by atoms with Crippen molar-refractivity contribution in [3.63, 3.8) is 0 Å². The SMILES string of the molecule is CNCC#CCN1CCC(F)(F)CC1. The molecule has 0 spiro atoms. The largest absolute Gasteiger partial charge is 0.309 e. The monoisotopic (exact) mass is 202 g/mol. The molecule has 1 fully saturated rings. The van der Waals surface area contributed by atoms with E-state index in [0.29, 0.717) is 26.2 Å². The first-order valence-electron chi connectivity index (χ1n) is 4.84. The molecule has 0 aliphatic carbocycles. The summed E-state index contributed by atoms with van der Waals surface area (Å²) >= 11 is 0. The lowest BCUT2D eigenvalue weighted by Gasteiger charge is -2.30. The Hall–Kier alpha value is -0.660. The molecule has 1 N–H and O–H groups in total. The standard InChI is InChI=1S/C10H16F2N2/c1-13-6-2-3-7-14-8-4-10(11,12)5-9-14/h13H,4-9H2,1H3. The van der Waals surface area contributed by atoms with Crippen molar-refractivity contribution in [2.45, 2.75) is 18.8 Å². The van der Waals surface area contributed by atoms with Gasteiger partial charge in [0.2, 0.25) is 0 Å². The van der Waals surface area contributed by atoms with Gasteiger partial charge in [-0.15, -0.1) is 0 Å². The zero-order valence-electron chi connectivity index (χ0n) is 8.45. The average Bonchev–Trinajstić information content (AvgIpc) is 2.15. The predicted octanol–water partition coefficient (Wildman–Crippen LogP) is 0.940. The fourth-order valence-electron chi connectivity index (χ4n) is 1.36. The van der Waals surface area contributed by atoms with Crippen molar-refractivity contribution in [1.82, 2.24) is 10.2 Å². The quantitative estimate of drug-likeness (QED) is 0.670. The van der Waals surface area contributed by atoms with Gasteiger partial charge in [0.1, 0.15) is 0 Å². The third-order valence-electron chi connectivity index (χ3n) is 2.28. The summed E-state index contributed by atoms with van der Waals surface area (Å²) in [5.41, 5.74) is 0. The second-order valence-electron chi connectivity index (χ2n) is 3.52. The van der Waals surface area contributed by atoms with Gasteiger partial charge >= 0.3 is 0 Å². The summed E-state index contributed by atoms with van der Waals surface area (Å²) in [7, 11) is 1.83. The zero-order valence-corrected chi connectivity index (χ0v) is 8.45. The van der Waals surface area contributed by atoms with E-state index in [1.807, 2.05) is 11.9 Å². The lowest BCUT2D eigenvalue weighted by atomic mass is 10.1. The van der Waals surface area contributed by atoms with Crippen LogP contribution >= 0.6 is 0 Å². The maximum absolute atomic E-state index is 12.7. The van der Waals surface area contributed by atoms with E-state index in [1.54, 1.807) is 0 Å². The Morgan fingerprint density at radius 3 is 2.50 bits per heavy atom. The molecule has 0 unspecified atom stereocenters. The smallest absolute Gasteiger partial charge is 0.250 e. The minimum Gasteiger partial charge on any atom is -0.309 e. The number of hydrogen-bond acceptors (Lipinski definition) is 2. The number of hydrogen-bond donors (Lipinski definition) is 1. The van der Waals surface area contributed by atoms with E-state index >= 15 is 0 Å². The van der Waals surface area contributed by atoms with Crippen molar-refractivity contribution in [3.8, 4) is 11.8 Å². The molecule has 1 aliphatic heterocycles. The van der Waals surface area contributed by atoms with Crippen molar-refractivity contribution in [1.29, 1.82) is 0 Å². The minimum atomic E-state index is -2.45. The molecule has 0 saturated carbocycles. The highest BCUT2D eigenvalue weighted by Crippen LogP contribution is 2.27. The highest BCUT2D eigenvalue weighted by molar-refractivity contribution is 5.03. The fraction of sp³-hybridized carbons (Fsp3) is 0.800. The van der Waals surface area contributed by atoms with E-state index in [4.69, 9.17) is 0 Å². The van der Waals surface area contributed by atoms with Crippen LogP contribution in [0.15, 0.2) is 0 Å². The van der Waals surface area contributed by atoms with E-state index < -0.39 is 5.92 Å². The van der Waals surface area contributed by atoms with Gasteiger partial charge < -0.3 is 5.32 Å². The summed E-state index contributed by atoms with van der Waals surface area (Å²) < 4.78 is 25.5. The molecule has 0 amide bonds. The number of alkyl halides is 2. The molecule has 0 atom stereocenters. The second-order valence-corrected chi connectivity index (χ2v) is 3.52. The Labute approximate surface area is 83.7 Å². The van der Waals surface area contributed by atoms with Crippen molar-refractivity contribution >= 4 is 0 Å². The molecule has 14 heavy (non-hydrogen) atoms. The van der Waals surface area contributed by atoms with Crippen molar-refractivity contribution in [2.75, 3.05) is 33.2 Å². The molecule has 2 nitrogen and oxygen atoms in total. The molecule has 4 heteroatoms. The van der Waals surface area contributed by atoms with Crippen LogP contribution in [-0.2, 0) is 0 Å². The topological polar surface area (TPSA) is 15.3 Å². The van der Waals surface area contributed by atoms with Crippen LogP contribution in [0.5, 0.6) is 0 Å². The van der Waals surface area contributed by atoms with Gasteiger partial charge in [-0.2, -0.15) is 0 Å².